The van der Waals surface area contributed by atoms with Crippen molar-refractivity contribution in [2.24, 2.45) is 11.3 Å². The Morgan fingerprint density at radius 1 is 1.11 bits per heavy atom. The summed E-state index contributed by atoms with van der Waals surface area (Å²) in [6.07, 6.45) is 3.21. The fraction of sp³-hybridized carbons (Fsp3) is 0.393. The van der Waals surface area contributed by atoms with E-state index in [0.717, 1.165) is 46.6 Å². The highest BCUT2D eigenvalue weighted by Crippen LogP contribution is 2.60. The highest BCUT2D eigenvalue weighted by molar-refractivity contribution is 5.72. The Bertz CT molecular complexity index is 1290. The topological polar surface area (TPSA) is 60.4 Å². The number of allylic oxidation sites excluding steroid dienone is 3. The van der Waals surface area contributed by atoms with Crippen molar-refractivity contribution in [2.45, 2.75) is 56.7 Å². The quantitative estimate of drug-likeness (QED) is 0.471. The van der Waals surface area contributed by atoms with Gasteiger partial charge < -0.3 is 10.5 Å². The molecule has 9 heteroatoms. The SMILES string of the molecule is O[C@]1(C(F)(F)F)CC[C@@]2(Cc3ccccn3)C3=CN4NNC(c5ccc(F)cc5)=C4C=C3CCC[C@@H]2C1. The Morgan fingerprint density at radius 3 is 2.65 bits per heavy atom. The summed E-state index contributed by atoms with van der Waals surface area (Å²) in [7, 11) is 0. The molecule has 6 rings (SSSR count). The number of halogens is 4. The monoisotopic (exact) mass is 512 g/mol. The molecular weight excluding hydrogens is 484 g/mol. The third-order valence-electron chi connectivity index (χ3n) is 8.50. The van der Waals surface area contributed by atoms with Crippen molar-refractivity contribution < 1.29 is 22.7 Å². The summed E-state index contributed by atoms with van der Waals surface area (Å²) in [6, 6.07) is 11.9. The van der Waals surface area contributed by atoms with Gasteiger partial charge in [-0.3, -0.25) is 9.99 Å². The molecule has 0 unspecified atom stereocenters. The lowest BCUT2D eigenvalue weighted by molar-refractivity contribution is -0.281. The molecule has 1 aromatic carbocycles. The number of benzene rings is 1. The van der Waals surface area contributed by atoms with E-state index in [2.05, 4.69) is 22.0 Å². The average molecular weight is 513 g/mol. The average Bonchev–Trinajstić information content (AvgIpc) is 3.22. The molecule has 0 radical (unpaired) electrons. The summed E-state index contributed by atoms with van der Waals surface area (Å²) in [4.78, 5) is 4.52. The number of aliphatic hydroxyl groups is 1. The maximum absolute atomic E-state index is 13.9. The highest BCUT2D eigenvalue weighted by Gasteiger charge is 2.61. The van der Waals surface area contributed by atoms with Crippen LogP contribution in [0.1, 0.15) is 49.8 Å². The molecule has 1 aromatic heterocycles. The Kier molecular flexibility index (Phi) is 5.69. The minimum atomic E-state index is -4.67. The maximum atomic E-state index is 13.9. The van der Waals surface area contributed by atoms with Gasteiger partial charge in [0.05, 0.1) is 11.4 Å². The van der Waals surface area contributed by atoms with E-state index in [1.165, 1.54) is 12.1 Å². The largest absolute Gasteiger partial charge is 0.417 e. The molecule has 0 amide bonds. The van der Waals surface area contributed by atoms with Crippen LogP contribution in [0.15, 0.2) is 77.8 Å². The van der Waals surface area contributed by atoms with Crippen molar-refractivity contribution in [1.82, 2.24) is 21.0 Å². The molecule has 3 N–H and O–H groups in total. The van der Waals surface area contributed by atoms with Crippen LogP contribution in [0.4, 0.5) is 17.6 Å². The number of pyridine rings is 1. The zero-order chi connectivity index (χ0) is 25.8. The molecule has 37 heavy (non-hydrogen) atoms. The van der Waals surface area contributed by atoms with Gasteiger partial charge in [0, 0.05) is 29.1 Å². The predicted octanol–water partition coefficient (Wildman–Crippen LogP) is 5.54. The van der Waals surface area contributed by atoms with Gasteiger partial charge in [0.15, 0.2) is 5.60 Å². The molecule has 3 atom stereocenters. The maximum Gasteiger partial charge on any atom is 0.417 e. The molecule has 2 fully saturated rings. The van der Waals surface area contributed by atoms with Crippen LogP contribution in [0.25, 0.3) is 5.70 Å². The van der Waals surface area contributed by atoms with Crippen molar-refractivity contribution in [1.29, 1.82) is 0 Å². The van der Waals surface area contributed by atoms with Crippen LogP contribution in [0.2, 0.25) is 0 Å². The van der Waals surface area contributed by atoms with Crippen LogP contribution in [0.3, 0.4) is 0 Å². The molecule has 2 saturated carbocycles. The van der Waals surface area contributed by atoms with E-state index < -0.39 is 17.2 Å². The number of rotatable bonds is 3. The van der Waals surface area contributed by atoms with Crippen molar-refractivity contribution in [3.63, 3.8) is 0 Å². The second kappa shape index (κ2) is 8.70. The molecule has 2 aromatic rings. The van der Waals surface area contributed by atoms with E-state index in [0.29, 0.717) is 12.8 Å². The highest BCUT2D eigenvalue weighted by atomic mass is 19.4. The summed E-state index contributed by atoms with van der Waals surface area (Å²) in [6.45, 7) is 0. The number of nitrogens with one attached hydrogen (secondary N) is 2. The summed E-state index contributed by atoms with van der Waals surface area (Å²) >= 11 is 0. The molecule has 0 saturated heterocycles. The Labute approximate surface area is 212 Å². The molecule has 4 aliphatic rings. The van der Waals surface area contributed by atoms with Gasteiger partial charge in [-0.25, -0.2) is 4.39 Å². The lowest BCUT2D eigenvalue weighted by Crippen LogP contribution is -2.54. The second-order valence-corrected chi connectivity index (χ2v) is 10.6. The van der Waals surface area contributed by atoms with Crippen LogP contribution in [0.5, 0.6) is 0 Å². The summed E-state index contributed by atoms with van der Waals surface area (Å²) < 4.78 is 55.3. The number of hydrogen-bond acceptors (Lipinski definition) is 5. The normalized spacial score (nSPS) is 29.4. The first kappa shape index (κ1) is 24.2. The number of alkyl halides is 3. The first-order valence-corrected chi connectivity index (χ1v) is 12.6. The summed E-state index contributed by atoms with van der Waals surface area (Å²) in [5, 5.41) is 12.6. The second-order valence-electron chi connectivity index (χ2n) is 10.6. The van der Waals surface area contributed by atoms with E-state index in [1.54, 1.807) is 18.3 Å². The van der Waals surface area contributed by atoms with Crippen LogP contribution in [-0.2, 0) is 6.42 Å². The third-order valence-corrected chi connectivity index (χ3v) is 8.50. The fourth-order valence-electron chi connectivity index (χ4n) is 6.57. The minimum absolute atomic E-state index is 0.207. The third kappa shape index (κ3) is 4.05. The number of hydrazine groups is 2. The molecule has 5 nitrogen and oxygen atoms in total. The Morgan fingerprint density at radius 2 is 1.92 bits per heavy atom. The summed E-state index contributed by atoms with van der Waals surface area (Å²) in [5.74, 6) is -0.673. The van der Waals surface area contributed by atoms with Gasteiger partial charge in [-0.05, 0) is 104 Å². The molecule has 2 aliphatic heterocycles. The number of nitrogens with zero attached hydrogens (tertiary/aromatic N) is 2. The predicted molar refractivity (Wildman–Crippen MR) is 130 cm³/mol. The van der Waals surface area contributed by atoms with Crippen LogP contribution in [-0.4, -0.2) is 26.9 Å². The van der Waals surface area contributed by atoms with Crippen molar-refractivity contribution in [2.75, 3.05) is 0 Å². The zero-order valence-electron chi connectivity index (χ0n) is 20.2. The van der Waals surface area contributed by atoms with Gasteiger partial charge in [-0.1, -0.05) is 6.07 Å². The van der Waals surface area contributed by atoms with Gasteiger partial charge in [-0.15, -0.1) is 5.53 Å². The first-order valence-electron chi connectivity index (χ1n) is 12.6. The first-order chi connectivity index (χ1) is 17.7. The minimum Gasteiger partial charge on any atom is -0.380 e. The molecule has 194 valence electrons. The lowest BCUT2D eigenvalue weighted by Gasteiger charge is -2.51. The van der Waals surface area contributed by atoms with Crippen molar-refractivity contribution in [3.8, 4) is 0 Å². The number of hydrogen-bond donors (Lipinski definition) is 3. The molecule has 0 spiro atoms. The van der Waals surface area contributed by atoms with E-state index in [-0.39, 0.29) is 31.0 Å². The van der Waals surface area contributed by atoms with Crippen molar-refractivity contribution in [3.05, 3.63) is 94.9 Å². The van der Waals surface area contributed by atoms with Crippen molar-refractivity contribution >= 4 is 5.70 Å². The molecular formula is C28H28F4N4O. The van der Waals surface area contributed by atoms with Gasteiger partial charge in [0.2, 0.25) is 0 Å². The Balaban J connectivity index is 1.44. The molecule has 3 heterocycles. The van der Waals surface area contributed by atoms with E-state index in [4.69, 9.17) is 0 Å². The summed E-state index contributed by atoms with van der Waals surface area (Å²) in [5.41, 5.74) is 8.46. The number of aromatic nitrogens is 1. The lowest BCUT2D eigenvalue weighted by atomic mass is 9.55. The van der Waals surface area contributed by atoms with Crippen LogP contribution < -0.4 is 11.0 Å². The van der Waals surface area contributed by atoms with Crippen LogP contribution >= 0.6 is 0 Å². The standard InChI is InChI=1S/C28H28F4N4O/c29-21-9-7-18(8-10-21)25-24-14-19-4-3-5-20-15-27(37,28(30,31)32)12-11-26(20,16-22-6-1-2-13-33-22)23(19)17-36(24)35-34-25/h1-2,6-10,13-14,17,20,34-35,37H,3-5,11-12,15-16H2/t20-,26+,27-/m1/s1. The van der Waals surface area contributed by atoms with E-state index in [1.807, 2.05) is 29.4 Å². The zero-order valence-corrected chi connectivity index (χ0v) is 20.2. The van der Waals surface area contributed by atoms with Gasteiger partial charge in [0.1, 0.15) is 5.82 Å². The number of fused-ring (bicyclic) bond motifs is 4. The van der Waals surface area contributed by atoms with E-state index >= 15 is 0 Å². The fourth-order valence-corrected chi connectivity index (χ4v) is 6.57. The molecule has 0 bridgehead atoms. The van der Waals surface area contributed by atoms with Gasteiger partial charge in [0.25, 0.3) is 0 Å². The smallest absolute Gasteiger partial charge is 0.380 e. The molecule has 2 aliphatic carbocycles. The van der Waals surface area contributed by atoms with Gasteiger partial charge >= 0.3 is 6.18 Å². The van der Waals surface area contributed by atoms with Gasteiger partial charge in [-0.2, -0.15) is 13.2 Å². The van der Waals surface area contributed by atoms with E-state index in [9.17, 15) is 22.7 Å². The van der Waals surface area contributed by atoms with Crippen LogP contribution in [0, 0.1) is 17.2 Å². The Hall–Kier alpha value is -3.17.